The molecule has 0 radical (unpaired) electrons. The molecule has 106 valence electrons. The summed E-state index contributed by atoms with van der Waals surface area (Å²) in [6, 6.07) is 1.63. The largest absolute Gasteiger partial charge is 0.313 e. The van der Waals surface area contributed by atoms with Crippen molar-refractivity contribution in [2.75, 3.05) is 19.6 Å². The number of hydrogen-bond acceptors (Lipinski definition) is 2. The molecule has 1 heterocycles. The van der Waals surface area contributed by atoms with E-state index in [-0.39, 0.29) is 0 Å². The molecule has 3 atom stereocenters. The summed E-state index contributed by atoms with van der Waals surface area (Å²) in [5, 5.41) is 3.71. The van der Waals surface area contributed by atoms with Crippen LogP contribution in [0.4, 0.5) is 0 Å². The standard InChI is InChI=1S/C16H32N2/c1-3-18(13-15-8-4-5-12-17-15)16-9-6-7-14(2)10-11-16/h14-17H,3-13H2,1-2H3. The summed E-state index contributed by atoms with van der Waals surface area (Å²) in [4.78, 5) is 2.76. The van der Waals surface area contributed by atoms with Gasteiger partial charge in [-0.3, -0.25) is 4.90 Å². The van der Waals surface area contributed by atoms with Crippen molar-refractivity contribution in [1.82, 2.24) is 10.2 Å². The summed E-state index contributed by atoms with van der Waals surface area (Å²) >= 11 is 0. The van der Waals surface area contributed by atoms with E-state index >= 15 is 0 Å². The fraction of sp³-hybridized carbons (Fsp3) is 1.00. The molecule has 2 aliphatic rings. The number of nitrogens with one attached hydrogen (secondary N) is 1. The molecule has 0 amide bonds. The van der Waals surface area contributed by atoms with Crippen LogP contribution in [0.2, 0.25) is 0 Å². The third kappa shape index (κ3) is 4.24. The first-order valence-electron chi connectivity index (χ1n) is 8.27. The first-order chi connectivity index (χ1) is 8.79. The van der Waals surface area contributed by atoms with E-state index in [0.29, 0.717) is 0 Å². The van der Waals surface area contributed by atoms with Crippen LogP contribution >= 0.6 is 0 Å². The van der Waals surface area contributed by atoms with E-state index in [1.165, 1.54) is 71.0 Å². The molecule has 2 heteroatoms. The summed E-state index contributed by atoms with van der Waals surface area (Å²) < 4.78 is 0. The van der Waals surface area contributed by atoms with Gasteiger partial charge in [-0.2, -0.15) is 0 Å². The van der Waals surface area contributed by atoms with Crippen LogP contribution in [-0.2, 0) is 0 Å². The number of hydrogen-bond donors (Lipinski definition) is 1. The minimum Gasteiger partial charge on any atom is -0.313 e. The molecule has 2 nitrogen and oxygen atoms in total. The molecule has 0 aromatic heterocycles. The predicted octanol–water partition coefficient (Wildman–Crippen LogP) is 3.42. The van der Waals surface area contributed by atoms with Crippen LogP contribution in [0.15, 0.2) is 0 Å². The molecule has 1 aliphatic heterocycles. The third-order valence-corrected chi connectivity index (χ3v) is 5.02. The molecule has 1 aliphatic carbocycles. The topological polar surface area (TPSA) is 15.3 Å². The van der Waals surface area contributed by atoms with Gasteiger partial charge in [0, 0.05) is 18.6 Å². The maximum atomic E-state index is 3.71. The minimum absolute atomic E-state index is 0.763. The van der Waals surface area contributed by atoms with Crippen LogP contribution in [0.1, 0.15) is 65.2 Å². The first-order valence-corrected chi connectivity index (χ1v) is 8.27. The van der Waals surface area contributed by atoms with Gasteiger partial charge in [0.25, 0.3) is 0 Å². The maximum absolute atomic E-state index is 3.71. The first kappa shape index (κ1) is 14.3. The molecular weight excluding hydrogens is 220 g/mol. The zero-order chi connectivity index (χ0) is 12.8. The average Bonchev–Trinajstić information content (AvgIpc) is 2.62. The van der Waals surface area contributed by atoms with E-state index in [1.54, 1.807) is 0 Å². The van der Waals surface area contributed by atoms with Gasteiger partial charge in [-0.15, -0.1) is 0 Å². The fourth-order valence-corrected chi connectivity index (χ4v) is 3.73. The molecule has 1 N–H and O–H groups in total. The monoisotopic (exact) mass is 252 g/mol. The molecule has 2 rings (SSSR count). The second kappa shape index (κ2) is 7.49. The molecule has 0 spiro atoms. The van der Waals surface area contributed by atoms with Crippen LogP contribution < -0.4 is 5.32 Å². The summed E-state index contributed by atoms with van der Waals surface area (Å²) in [5.74, 6) is 0.960. The second-order valence-corrected chi connectivity index (χ2v) is 6.50. The van der Waals surface area contributed by atoms with Gasteiger partial charge in [0.15, 0.2) is 0 Å². The van der Waals surface area contributed by atoms with Crippen molar-refractivity contribution in [2.24, 2.45) is 5.92 Å². The van der Waals surface area contributed by atoms with E-state index in [0.717, 1.165) is 18.0 Å². The van der Waals surface area contributed by atoms with Crippen molar-refractivity contribution in [3.63, 3.8) is 0 Å². The summed E-state index contributed by atoms with van der Waals surface area (Å²) in [5.41, 5.74) is 0. The van der Waals surface area contributed by atoms with E-state index in [4.69, 9.17) is 0 Å². The van der Waals surface area contributed by atoms with E-state index in [9.17, 15) is 0 Å². The highest BCUT2D eigenvalue weighted by Gasteiger charge is 2.24. The molecule has 1 saturated carbocycles. The molecule has 0 bridgehead atoms. The molecule has 0 aromatic rings. The van der Waals surface area contributed by atoms with Gasteiger partial charge in [0.1, 0.15) is 0 Å². The van der Waals surface area contributed by atoms with E-state index in [1.807, 2.05) is 0 Å². The molecule has 1 saturated heterocycles. The lowest BCUT2D eigenvalue weighted by molar-refractivity contribution is 0.158. The van der Waals surface area contributed by atoms with Gasteiger partial charge >= 0.3 is 0 Å². The molecule has 0 aromatic carbocycles. The van der Waals surface area contributed by atoms with Crippen LogP contribution in [-0.4, -0.2) is 36.6 Å². The Bertz CT molecular complexity index is 223. The van der Waals surface area contributed by atoms with Gasteiger partial charge in [0.2, 0.25) is 0 Å². The highest BCUT2D eigenvalue weighted by atomic mass is 15.2. The van der Waals surface area contributed by atoms with Crippen LogP contribution in [0.25, 0.3) is 0 Å². The zero-order valence-corrected chi connectivity index (χ0v) is 12.5. The highest BCUT2D eigenvalue weighted by Crippen LogP contribution is 2.26. The summed E-state index contributed by atoms with van der Waals surface area (Å²) in [7, 11) is 0. The zero-order valence-electron chi connectivity index (χ0n) is 12.5. The lowest BCUT2D eigenvalue weighted by Crippen LogP contribution is -2.47. The Kier molecular flexibility index (Phi) is 5.97. The van der Waals surface area contributed by atoms with Gasteiger partial charge < -0.3 is 5.32 Å². The fourth-order valence-electron chi connectivity index (χ4n) is 3.73. The van der Waals surface area contributed by atoms with Gasteiger partial charge in [-0.05, 0) is 51.1 Å². The quantitative estimate of drug-likeness (QED) is 0.771. The Morgan fingerprint density at radius 2 is 1.89 bits per heavy atom. The van der Waals surface area contributed by atoms with E-state index < -0.39 is 0 Å². The van der Waals surface area contributed by atoms with Crippen molar-refractivity contribution >= 4 is 0 Å². The Balaban J connectivity index is 1.82. The number of piperidine rings is 1. The number of nitrogens with zero attached hydrogens (tertiary/aromatic N) is 1. The molecule has 18 heavy (non-hydrogen) atoms. The van der Waals surface area contributed by atoms with Crippen molar-refractivity contribution in [2.45, 2.75) is 77.3 Å². The lowest BCUT2D eigenvalue weighted by Gasteiger charge is -2.35. The van der Waals surface area contributed by atoms with Crippen molar-refractivity contribution in [3.05, 3.63) is 0 Å². The average molecular weight is 252 g/mol. The minimum atomic E-state index is 0.763. The SMILES string of the molecule is CCN(CC1CCCCN1)C1CCCC(C)CC1. The molecule has 2 fully saturated rings. The Hall–Kier alpha value is -0.0800. The molecule has 3 unspecified atom stereocenters. The summed E-state index contributed by atoms with van der Waals surface area (Å²) in [6.07, 6.45) is 11.4. The van der Waals surface area contributed by atoms with Crippen LogP contribution in [0.5, 0.6) is 0 Å². The Labute approximate surface area is 114 Å². The highest BCUT2D eigenvalue weighted by molar-refractivity contribution is 4.81. The number of rotatable bonds is 4. The third-order valence-electron chi connectivity index (χ3n) is 5.02. The van der Waals surface area contributed by atoms with Crippen LogP contribution in [0.3, 0.4) is 0 Å². The Morgan fingerprint density at radius 3 is 2.61 bits per heavy atom. The van der Waals surface area contributed by atoms with Gasteiger partial charge in [-0.25, -0.2) is 0 Å². The smallest absolute Gasteiger partial charge is 0.0195 e. The second-order valence-electron chi connectivity index (χ2n) is 6.50. The van der Waals surface area contributed by atoms with Gasteiger partial charge in [-0.1, -0.05) is 33.1 Å². The van der Waals surface area contributed by atoms with Crippen molar-refractivity contribution in [3.8, 4) is 0 Å². The van der Waals surface area contributed by atoms with Crippen molar-refractivity contribution in [1.29, 1.82) is 0 Å². The molecular formula is C16H32N2. The predicted molar refractivity (Wildman–Crippen MR) is 78.9 cm³/mol. The van der Waals surface area contributed by atoms with Crippen molar-refractivity contribution < 1.29 is 0 Å². The maximum Gasteiger partial charge on any atom is 0.0195 e. The number of likely N-dealkylation sites (N-methyl/N-ethyl adjacent to an activating group) is 1. The lowest BCUT2D eigenvalue weighted by atomic mass is 10.0. The normalized spacial score (nSPS) is 34.5. The summed E-state index contributed by atoms with van der Waals surface area (Å²) in [6.45, 7) is 8.54. The van der Waals surface area contributed by atoms with Crippen LogP contribution in [0, 0.1) is 5.92 Å². The van der Waals surface area contributed by atoms with E-state index in [2.05, 4.69) is 24.1 Å². The Morgan fingerprint density at radius 1 is 1.00 bits per heavy atom. The van der Waals surface area contributed by atoms with Gasteiger partial charge in [0.05, 0.1) is 0 Å².